The number of pyridine rings is 1. The Morgan fingerprint density at radius 1 is 0.535 bits per heavy atom. The van der Waals surface area contributed by atoms with Gasteiger partial charge in [0.05, 0.1) is 22.1 Å². The SMILES string of the molecule is CCCCCCOCn1c(-c2cccc(-c3nc4ccccc4n3COCCCCCC)n2)nc2ccccc21.[Cl-].[Cl-].[V+2]. The summed E-state index contributed by atoms with van der Waals surface area (Å²) in [5, 5.41) is 0. The van der Waals surface area contributed by atoms with Gasteiger partial charge in [-0.05, 0) is 49.2 Å². The fourth-order valence-corrected chi connectivity index (χ4v) is 5.06. The minimum absolute atomic E-state index is 0. The maximum absolute atomic E-state index is 6.11. The summed E-state index contributed by atoms with van der Waals surface area (Å²) in [4.78, 5) is 15.0. The summed E-state index contributed by atoms with van der Waals surface area (Å²) in [6, 6.07) is 22.4. The van der Waals surface area contributed by atoms with E-state index in [0.29, 0.717) is 13.5 Å². The first kappa shape index (κ1) is 36.8. The van der Waals surface area contributed by atoms with Crippen molar-refractivity contribution in [3.8, 4) is 23.0 Å². The number of unbranched alkanes of at least 4 members (excludes halogenated alkanes) is 6. The third kappa shape index (κ3) is 9.30. The van der Waals surface area contributed by atoms with Crippen LogP contribution in [0.3, 0.4) is 0 Å². The van der Waals surface area contributed by atoms with Crippen LogP contribution in [0.4, 0.5) is 0 Å². The molecule has 7 nitrogen and oxygen atoms in total. The van der Waals surface area contributed by atoms with Gasteiger partial charge in [0, 0.05) is 13.2 Å². The van der Waals surface area contributed by atoms with Crippen LogP contribution in [0.5, 0.6) is 0 Å². The molecule has 0 spiro atoms. The van der Waals surface area contributed by atoms with Crippen molar-refractivity contribution >= 4 is 22.1 Å². The number of rotatable bonds is 16. The number of hydrogen-bond donors (Lipinski definition) is 0. The van der Waals surface area contributed by atoms with Crippen LogP contribution in [0.2, 0.25) is 0 Å². The quantitative estimate of drug-likeness (QED) is 0.152. The summed E-state index contributed by atoms with van der Waals surface area (Å²) in [5.41, 5.74) is 5.54. The Kier molecular flexibility index (Phi) is 16.3. The molecule has 0 bridgehead atoms. The van der Waals surface area contributed by atoms with E-state index in [4.69, 9.17) is 24.4 Å². The van der Waals surface area contributed by atoms with Gasteiger partial charge in [-0.3, -0.25) is 9.13 Å². The molecule has 229 valence electrons. The van der Waals surface area contributed by atoms with Gasteiger partial charge in [0.15, 0.2) is 11.6 Å². The summed E-state index contributed by atoms with van der Waals surface area (Å²) >= 11 is 0. The van der Waals surface area contributed by atoms with Crippen LogP contribution < -0.4 is 24.8 Å². The molecule has 3 heterocycles. The Hall–Kier alpha value is -2.39. The molecule has 0 aliphatic heterocycles. The van der Waals surface area contributed by atoms with E-state index in [1.54, 1.807) is 0 Å². The molecular weight excluding hydrogens is 620 g/mol. The fourth-order valence-electron chi connectivity index (χ4n) is 5.06. The molecule has 5 rings (SSSR count). The van der Waals surface area contributed by atoms with Gasteiger partial charge in [0.2, 0.25) is 0 Å². The Labute approximate surface area is 279 Å². The minimum Gasteiger partial charge on any atom is -1.00 e. The van der Waals surface area contributed by atoms with Crippen molar-refractivity contribution in [2.24, 2.45) is 0 Å². The van der Waals surface area contributed by atoms with Crippen molar-refractivity contribution < 1.29 is 52.8 Å². The molecule has 0 fully saturated rings. The van der Waals surface area contributed by atoms with Gasteiger partial charge in [-0.15, -0.1) is 0 Å². The number of ether oxygens (including phenoxy) is 2. The van der Waals surface area contributed by atoms with Gasteiger partial charge in [-0.25, -0.2) is 15.0 Å². The summed E-state index contributed by atoms with van der Waals surface area (Å²) in [7, 11) is 0. The molecule has 1 radical (unpaired) electrons. The third-order valence-electron chi connectivity index (χ3n) is 7.24. The molecule has 3 aromatic heterocycles. The summed E-state index contributed by atoms with van der Waals surface area (Å²) < 4.78 is 16.5. The van der Waals surface area contributed by atoms with E-state index in [1.807, 2.05) is 54.6 Å². The number of fused-ring (bicyclic) bond motifs is 2. The Balaban J connectivity index is 0.00000215. The van der Waals surface area contributed by atoms with Gasteiger partial charge >= 0.3 is 18.6 Å². The van der Waals surface area contributed by atoms with Gasteiger partial charge in [-0.2, -0.15) is 0 Å². The Morgan fingerprint density at radius 3 is 1.42 bits per heavy atom. The number of para-hydroxylation sites is 4. The van der Waals surface area contributed by atoms with E-state index < -0.39 is 0 Å². The molecule has 5 aromatic rings. The van der Waals surface area contributed by atoms with E-state index in [1.165, 1.54) is 38.5 Å². The summed E-state index contributed by atoms with van der Waals surface area (Å²) in [5.74, 6) is 1.60. The molecule has 43 heavy (non-hydrogen) atoms. The van der Waals surface area contributed by atoms with Crippen LogP contribution in [-0.4, -0.2) is 37.3 Å². The second-order valence-corrected chi connectivity index (χ2v) is 10.3. The largest absolute Gasteiger partial charge is 2.00 e. The van der Waals surface area contributed by atoms with Crippen LogP contribution in [0.1, 0.15) is 65.2 Å². The van der Waals surface area contributed by atoms with Crippen molar-refractivity contribution in [2.75, 3.05) is 13.2 Å². The predicted molar refractivity (Wildman–Crippen MR) is 162 cm³/mol. The fraction of sp³-hybridized carbons (Fsp3) is 0.424. The van der Waals surface area contributed by atoms with Crippen molar-refractivity contribution in [3.63, 3.8) is 0 Å². The van der Waals surface area contributed by atoms with Gasteiger partial charge in [-0.1, -0.05) is 82.7 Å². The van der Waals surface area contributed by atoms with E-state index in [2.05, 4.69) is 35.1 Å². The maximum Gasteiger partial charge on any atom is 2.00 e. The standard InChI is InChI=1S/C33H41N5O2.2ClH.V/c1-3-5-7-13-22-39-24-37-30-20-11-9-16-26(30)35-32(37)28-18-15-19-29(34-28)33-36-27-17-10-12-21-31(27)38(33)25-40-23-14-8-6-4-2;;;/h9-12,15-21H,3-8,13-14,22-25H2,1-2H3;2*1H;/q;;;+2/p-2. The normalized spacial score (nSPS) is 10.8. The predicted octanol–water partition coefficient (Wildman–Crippen LogP) is 2.23. The third-order valence-corrected chi connectivity index (χ3v) is 7.24. The van der Waals surface area contributed by atoms with E-state index in [9.17, 15) is 0 Å². The zero-order valence-corrected chi connectivity index (χ0v) is 28.0. The molecule has 0 N–H and O–H groups in total. The second kappa shape index (κ2) is 19.1. The molecule has 0 atom stereocenters. The zero-order chi connectivity index (χ0) is 27.6. The first-order chi connectivity index (χ1) is 19.8. The molecule has 0 aliphatic carbocycles. The van der Waals surface area contributed by atoms with E-state index in [-0.39, 0.29) is 43.4 Å². The zero-order valence-electron chi connectivity index (χ0n) is 25.1. The van der Waals surface area contributed by atoms with Gasteiger partial charge in [0.1, 0.15) is 24.8 Å². The average Bonchev–Trinajstić information content (AvgIpc) is 3.55. The second-order valence-electron chi connectivity index (χ2n) is 10.3. The van der Waals surface area contributed by atoms with Gasteiger partial charge in [0.25, 0.3) is 0 Å². The van der Waals surface area contributed by atoms with Crippen LogP contribution in [0, 0.1) is 0 Å². The summed E-state index contributed by atoms with van der Waals surface area (Å²) in [6.45, 7) is 6.81. The number of benzene rings is 2. The molecule has 0 saturated heterocycles. The average molecular weight is 662 g/mol. The Bertz CT molecular complexity index is 1410. The van der Waals surface area contributed by atoms with Crippen LogP contribution in [0.15, 0.2) is 66.7 Å². The Morgan fingerprint density at radius 2 is 0.977 bits per heavy atom. The van der Waals surface area contributed by atoms with E-state index in [0.717, 1.165) is 71.2 Å². The summed E-state index contributed by atoms with van der Waals surface area (Å²) in [6.07, 6.45) is 9.46. The smallest absolute Gasteiger partial charge is 1.00 e. The van der Waals surface area contributed by atoms with Crippen LogP contribution in [0.25, 0.3) is 45.1 Å². The molecule has 0 saturated carbocycles. The molecule has 10 heteroatoms. The molecule has 0 unspecified atom stereocenters. The van der Waals surface area contributed by atoms with Crippen molar-refractivity contribution in [1.82, 2.24) is 24.1 Å². The maximum atomic E-state index is 6.11. The topological polar surface area (TPSA) is 67.0 Å². The van der Waals surface area contributed by atoms with Crippen molar-refractivity contribution in [2.45, 2.75) is 78.7 Å². The molecular formula is C33H41Cl2N5O2V. The van der Waals surface area contributed by atoms with Crippen LogP contribution in [-0.2, 0) is 41.5 Å². The van der Waals surface area contributed by atoms with Crippen molar-refractivity contribution in [3.05, 3.63) is 66.7 Å². The van der Waals surface area contributed by atoms with E-state index >= 15 is 0 Å². The number of nitrogens with zero attached hydrogens (tertiary/aromatic N) is 5. The molecule has 2 aromatic carbocycles. The molecule has 0 aliphatic rings. The van der Waals surface area contributed by atoms with Gasteiger partial charge < -0.3 is 34.3 Å². The van der Waals surface area contributed by atoms with Crippen LogP contribution >= 0.6 is 0 Å². The molecule has 0 amide bonds. The minimum atomic E-state index is 0. The first-order valence-electron chi connectivity index (χ1n) is 14.8. The number of halogens is 2. The van der Waals surface area contributed by atoms with Crippen molar-refractivity contribution in [1.29, 1.82) is 0 Å². The first-order valence-corrected chi connectivity index (χ1v) is 14.8. The number of aromatic nitrogens is 5. The number of hydrogen-bond acceptors (Lipinski definition) is 5. The monoisotopic (exact) mass is 660 g/mol. The number of imidazole rings is 2.